The van der Waals surface area contributed by atoms with Crippen molar-refractivity contribution in [1.82, 2.24) is 19.1 Å². The van der Waals surface area contributed by atoms with Crippen LogP contribution in [0.4, 0.5) is 11.5 Å². The molecule has 3 aliphatic heterocycles. The zero-order chi connectivity index (χ0) is 32.7. The third-order valence-corrected chi connectivity index (χ3v) is 10.5. The van der Waals surface area contributed by atoms with Crippen molar-refractivity contribution < 1.29 is 28.3 Å². The van der Waals surface area contributed by atoms with Crippen LogP contribution in [-0.2, 0) is 9.26 Å². The number of rotatable bonds is 11. The van der Waals surface area contributed by atoms with Crippen molar-refractivity contribution in [2.75, 3.05) is 25.1 Å². The van der Waals surface area contributed by atoms with Gasteiger partial charge in [-0.15, -0.1) is 0 Å². The second-order valence-electron chi connectivity index (χ2n) is 12.1. The number of hydrogen-bond acceptors (Lipinski definition) is 10. The second-order valence-corrected chi connectivity index (χ2v) is 13.7. The van der Waals surface area contributed by atoms with Gasteiger partial charge in [-0.3, -0.25) is 23.7 Å². The van der Waals surface area contributed by atoms with Crippen molar-refractivity contribution in [2.45, 2.75) is 78.0 Å². The van der Waals surface area contributed by atoms with Crippen molar-refractivity contribution >= 4 is 31.6 Å². The summed E-state index contributed by atoms with van der Waals surface area (Å²) in [5.41, 5.74) is 0.800. The van der Waals surface area contributed by atoms with Crippen LogP contribution in [0.2, 0.25) is 0 Å². The number of fused-ring (bicyclic) bond motifs is 3. The maximum absolute atomic E-state index is 13.3. The van der Waals surface area contributed by atoms with Gasteiger partial charge in [0.15, 0.2) is 17.3 Å². The van der Waals surface area contributed by atoms with Gasteiger partial charge in [0.2, 0.25) is 0 Å². The number of carbonyl (C=O) groups is 2. The molecule has 1 fully saturated rings. The Labute approximate surface area is 269 Å². The lowest BCUT2D eigenvalue weighted by atomic mass is 10.1. The number of anilines is 2. The van der Waals surface area contributed by atoms with E-state index in [4.69, 9.17) is 18.7 Å². The number of nitrogens with zero attached hydrogens (tertiary/aromatic N) is 4. The van der Waals surface area contributed by atoms with E-state index in [9.17, 15) is 14.4 Å². The maximum atomic E-state index is 13.3. The van der Waals surface area contributed by atoms with Crippen LogP contribution in [0.15, 0.2) is 53.5 Å². The van der Waals surface area contributed by atoms with Gasteiger partial charge in [-0.25, -0.2) is 4.79 Å². The smallest absolute Gasteiger partial charge is 0.351 e. The van der Waals surface area contributed by atoms with Crippen LogP contribution < -0.4 is 20.5 Å². The number of nitrogens with one attached hydrogen (secondary N) is 1. The van der Waals surface area contributed by atoms with Crippen LogP contribution in [0.1, 0.15) is 74.4 Å². The molecule has 3 aromatic rings. The monoisotopic (exact) mass is 649 g/mol. The van der Waals surface area contributed by atoms with Gasteiger partial charge < -0.3 is 24.1 Å². The summed E-state index contributed by atoms with van der Waals surface area (Å²) in [6.07, 6.45) is 2.04. The Balaban J connectivity index is 1.13. The quantitative estimate of drug-likeness (QED) is 0.155. The van der Waals surface area contributed by atoms with Crippen molar-refractivity contribution in [3.8, 4) is 17.2 Å². The van der Waals surface area contributed by atoms with Gasteiger partial charge >= 0.3 is 5.69 Å². The summed E-state index contributed by atoms with van der Waals surface area (Å²) < 4.78 is 28.9. The topological polar surface area (TPSA) is 124 Å². The number of aromatic nitrogens is 2. The van der Waals surface area contributed by atoms with Gasteiger partial charge in [0.1, 0.15) is 32.6 Å². The lowest BCUT2D eigenvalue weighted by Gasteiger charge is -2.37. The van der Waals surface area contributed by atoms with E-state index in [0.717, 1.165) is 6.42 Å². The molecular weight excluding hydrogens is 609 g/mol. The van der Waals surface area contributed by atoms with Crippen molar-refractivity contribution in [3.63, 3.8) is 0 Å². The molecule has 13 heteroatoms. The molecule has 46 heavy (non-hydrogen) atoms. The van der Waals surface area contributed by atoms with Crippen LogP contribution in [0.25, 0.3) is 0 Å². The molecule has 12 nitrogen and oxygen atoms in total. The average Bonchev–Trinajstić information content (AvgIpc) is 3.53. The Morgan fingerprint density at radius 2 is 1.72 bits per heavy atom. The van der Waals surface area contributed by atoms with Crippen LogP contribution in [0.5, 0.6) is 17.2 Å². The van der Waals surface area contributed by atoms with E-state index in [2.05, 4.69) is 56.3 Å². The first-order valence-electron chi connectivity index (χ1n) is 15.7. The van der Waals surface area contributed by atoms with Crippen molar-refractivity contribution in [1.29, 1.82) is 0 Å². The molecule has 1 N–H and O–H groups in total. The fourth-order valence-corrected chi connectivity index (χ4v) is 8.45. The summed E-state index contributed by atoms with van der Waals surface area (Å²) in [5.74, 6) is 0.867. The lowest BCUT2D eigenvalue weighted by Crippen LogP contribution is -2.34. The van der Waals surface area contributed by atoms with E-state index in [1.807, 2.05) is 0 Å². The summed E-state index contributed by atoms with van der Waals surface area (Å²) in [6, 6.07) is 12.7. The van der Waals surface area contributed by atoms with Gasteiger partial charge in [-0.2, -0.15) is 4.98 Å². The highest BCUT2D eigenvalue weighted by atomic mass is 31.2. The van der Waals surface area contributed by atoms with E-state index in [1.165, 1.54) is 9.47 Å². The van der Waals surface area contributed by atoms with Crippen molar-refractivity contribution in [3.05, 3.63) is 70.3 Å². The molecule has 4 atom stereocenters. The molecule has 0 saturated carbocycles. The largest absolute Gasteiger partial charge is 0.489 e. The first-order valence-corrected chi connectivity index (χ1v) is 17.4. The minimum atomic E-state index is -0.857. The molecule has 0 radical (unpaired) electrons. The van der Waals surface area contributed by atoms with E-state index < -0.39 is 20.2 Å². The average molecular weight is 650 g/mol. The summed E-state index contributed by atoms with van der Waals surface area (Å²) in [5, 5.41) is 3.18. The minimum absolute atomic E-state index is 0.0678. The second kappa shape index (κ2) is 13.1. The van der Waals surface area contributed by atoms with Crippen LogP contribution in [0.3, 0.4) is 0 Å². The highest BCUT2D eigenvalue weighted by Gasteiger charge is 2.40. The molecular formula is C33H40N5O7P. The molecule has 4 heterocycles. The molecule has 2 amide bonds. The summed E-state index contributed by atoms with van der Waals surface area (Å²) in [6.45, 7) is 13.0. The number of hydrogen-bond donors (Lipinski definition) is 1. The predicted octanol–water partition coefficient (Wildman–Crippen LogP) is 5.91. The van der Waals surface area contributed by atoms with Gasteiger partial charge in [0.25, 0.3) is 11.8 Å². The Bertz CT molecular complexity index is 1650. The van der Waals surface area contributed by atoms with E-state index in [-0.39, 0.29) is 43.0 Å². The first kappa shape index (κ1) is 32.1. The summed E-state index contributed by atoms with van der Waals surface area (Å²) in [7, 11) is -0.857. The molecule has 1 aromatic heterocycles. The van der Waals surface area contributed by atoms with Crippen molar-refractivity contribution in [2.24, 2.45) is 0 Å². The molecule has 3 aliphatic rings. The first-order chi connectivity index (χ1) is 22.1. The Kier molecular flexibility index (Phi) is 9.16. The van der Waals surface area contributed by atoms with Gasteiger partial charge in [0.05, 0.1) is 36.1 Å². The number of carbonyl (C=O) groups excluding carboxylic acids is 2. The standard InChI is InChI=1S/C33H40N5O7P/c1-7-23-26(45-46(6)38(19(2)3)20(4)5)17-28(44-23)37-18-27-30(35-33(37)41)34-29-24(13-10-14-25(29)43-27)42-16-15-36-31(39)21-11-8-9-12-22(21)32(36)40/h8-14,18-20,23,26,28H,7,15-17H2,1-6H3,(H,34,35,41). The summed E-state index contributed by atoms with van der Waals surface area (Å²) >= 11 is 0. The number of para-hydroxylation sites is 1. The fraction of sp³-hybridized carbons (Fsp3) is 0.455. The molecule has 6 rings (SSSR count). The SMILES string of the molecule is CCC1OC(n2cc3c(nc2=O)Nc2c(OCCN4C(=O)c5ccccc5C4=O)cccc2O3)CC1OP(C)N(C(C)C)C(C)C. The number of amides is 2. The Morgan fingerprint density at radius 3 is 2.37 bits per heavy atom. The zero-order valence-corrected chi connectivity index (χ0v) is 27.8. The van der Waals surface area contributed by atoms with Gasteiger partial charge in [-0.1, -0.05) is 25.1 Å². The van der Waals surface area contributed by atoms with Gasteiger partial charge in [0, 0.05) is 18.5 Å². The van der Waals surface area contributed by atoms with Crippen LogP contribution in [-0.4, -0.2) is 75.0 Å². The van der Waals surface area contributed by atoms with E-state index in [1.54, 1.807) is 48.7 Å². The zero-order valence-electron chi connectivity index (χ0n) is 26.9. The molecule has 4 unspecified atom stereocenters. The number of ether oxygens (including phenoxy) is 3. The van der Waals surface area contributed by atoms with E-state index in [0.29, 0.717) is 52.6 Å². The molecule has 1 saturated heterocycles. The summed E-state index contributed by atoms with van der Waals surface area (Å²) in [4.78, 5) is 44.2. The third-order valence-electron chi connectivity index (χ3n) is 8.38. The maximum Gasteiger partial charge on any atom is 0.351 e. The molecule has 0 aliphatic carbocycles. The van der Waals surface area contributed by atoms with Gasteiger partial charge in [-0.05, 0) is 65.0 Å². The highest BCUT2D eigenvalue weighted by Crippen LogP contribution is 2.48. The molecule has 244 valence electrons. The predicted molar refractivity (Wildman–Crippen MR) is 174 cm³/mol. The minimum Gasteiger partial charge on any atom is -0.489 e. The third kappa shape index (κ3) is 6.02. The highest BCUT2D eigenvalue weighted by molar-refractivity contribution is 7.49. The molecule has 2 aromatic carbocycles. The number of imide groups is 1. The fourth-order valence-electron chi connectivity index (χ4n) is 6.43. The molecule has 0 spiro atoms. The molecule has 0 bridgehead atoms. The normalized spacial score (nSPS) is 20.9. The van der Waals surface area contributed by atoms with E-state index >= 15 is 0 Å². The van der Waals surface area contributed by atoms with Crippen LogP contribution >= 0.6 is 8.30 Å². The Hall–Kier alpha value is -3.83. The number of benzene rings is 2. The Morgan fingerprint density at radius 1 is 1.02 bits per heavy atom. The lowest BCUT2D eigenvalue weighted by molar-refractivity contribution is -0.0178. The van der Waals surface area contributed by atoms with Crippen LogP contribution in [0, 0.1) is 0 Å².